The molecule has 0 bridgehead atoms. The first kappa shape index (κ1) is 22.8. The molecule has 25 heavy (non-hydrogen) atoms. The van der Waals surface area contributed by atoms with Gasteiger partial charge >= 0.3 is 18.3 Å². The molecule has 142 valence electrons. The Balaban J connectivity index is 0.000000697. The fraction of sp³-hybridized carbons (Fsp3) is 0.357. The van der Waals surface area contributed by atoms with Gasteiger partial charge in [0.25, 0.3) is 0 Å². The van der Waals surface area contributed by atoms with Crippen molar-refractivity contribution in [3.63, 3.8) is 0 Å². The third kappa shape index (κ3) is 7.50. The van der Waals surface area contributed by atoms with E-state index in [0.29, 0.717) is 6.07 Å². The lowest BCUT2D eigenvalue weighted by Crippen LogP contribution is -2.21. The van der Waals surface area contributed by atoms with Crippen molar-refractivity contribution in [2.24, 2.45) is 5.73 Å². The van der Waals surface area contributed by atoms with E-state index < -0.39 is 35.6 Å². The Morgan fingerprint density at radius 2 is 1.68 bits per heavy atom. The quantitative estimate of drug-likeness (QED) is 0.766. The summed E-state index contributed by atoms with van der Waals surface area (Å²) >= 11 is 0. The molecule has 0 fully saturated rings. The maximum atomic E-state index is 13.1. The van der Waals surface area contributed by atoms with Crippen molar-refractivity contribution < 1.29 is 45.0 Å². The second-order valence-corrected chi connectivity index (χ2v) is 4.68. The molecule has 3 N–H and O–H groups in total. The molecular weight excluding hydrogens is 366 g/mol. The molecule has 0 saturated carbocycles. The number of carboxylic acids is 1. The monoisotopic (exact) mass is 379 g/mol. The van der Waals surface area contributed by atoms with Gasteiger partial charge in [0.05, 0.1) is 11.9 Å². The average molecular weight is 379 g/mol. The van der Waals surface area contributed by atoms with Gasteiger partial charge in [-0.1, -0.05) is 6.92 Å². The van der Waals surface area contributed by atoms with E-state index in [1.807, 2.05) is 0 Å². The predicted molar refractivity (Wildman–Crippen MR) is 71.8 cm³/mol. The summed E-state index contributed by atoms with van der Waals surface area (Å²) in [5.41, 5.74) is 4.31. The average Bonchev–Trinajstić information content (AvgIpc) is 2.46. The number of halogens is 8. The minimum atomic E-state index is -5.08. The third-order valence-corrected chi connectivity index (χ3v) is 2.92. The Hall–Kier alpha value is -2.17. The molecule has 0 aliphatic rings. The van der Waals surface area contributed by atoms with Gasteiger partial charge in [-0.3, -0.25) is 0 Å². The SMILES string of the molecule is CC(/C(=C/F)CN)c1cc(F)cc(C(F)(F)F)c1.O=C(O)C(F)(F)F. The van der Waals surface area contributed by atoms with Gasteiger partial charge in [0.15, 0.2) is 0 Å². The lowest BCUT2D eigenvalue weighted by atomic mass is 9.92. The molecular formula is C14H13F8NO2. The van der Waals surface area contributed by atoms with Gasteiger partial charge in [-0.2, -0.15) is 26.3 Å². The van der Waals surface area contributed by atoms with E-state index in [-0.39, 0.29) is 24.0 Å². The van der Waals surface area contributed by atoms with Crippen LogP contribution in [0.5, 0.6) is 0 Å². The number of carboxylic acid groups (broad SMARTS) is 1. The molecule has 0 aromatic heterocycles. The van der Waals surface area contributed by atoms with Gasteiger partial charge in [0, 0.05) is 12.5 Å². The third-order valence-electron chi connectivity index (χ3n) is 2.92. The molecule has 11 heteroatoms. The molecule has 0 saturated heterocycles. The molecule has 0 spiro atoms. The van der Waals surface area contributed by atoms with Crippen molar-refractivity contribution in [2.75, 3.05) is 6.54 Å². The molecule has 1 aromatic rings. The van der Waals surface area contributed by atoms with Crippen molar-refractivity contribution in [1.82, 2.24) is 0 Å². The molecule has 0 aliphatic carbocycles. The second-order valence-electron chi connectivity index (χ2n) is 4.68. The minimum Gasteiger partial charge on any atom is -0.475 e. The number of hydrogen-bond donors (Lipinski definition) is 2. The zero-order valence-corrected chi connectivity index (χ0v) is 12.6. The summed E-state index contributed by atoms with van der Waals surface area (Å²) in [7, 11) is 0. The highest BCUT2D eigenvalue weighted by Crippen LogP contribution is 2.33. The van der Waals surface area contributed by atoms with Crippen LogP contribution in [0.4, 0.5) is 35.1 Å². The van der Waals surface area contributed by atoms with Crippen LogP contribution in [0.1, 0.15) is 24.0 Å². The maximum absolute atomic E-state index is 13.1. The summed E-state index contributed by atoms with van der Waals surface area (Å²) in [6.45, 7) is 1.32. The first-order valence-electron chi connectivity index (χ1n) is 6.41. The predicted octanol–water partition coefficient (Wildman–Crippen LogP) is 4.39. The van der Waals surface area contributed by atoms with Crippen LogP contribution in [-0.2, 0) is 11.0 Å². The van der Waals surface area contributed by atoms with E-state index in [1.54, 1.807) is 0 Å². The molecule has 0 amide bonds. The summed E-state index contributed by atoms with van der Waals surface area (Å²) in [6, 6.07) is 2.14. The molecule has 0 aliphatic heterocycles. The molecule has 3 nitrogen and oxygen atoms in total. The number of rotatable bonds is 3. The van der Waals surface area contributed by atoms with Crippen molar-refractivity contribution in [1.29, 1.82) is 0 Å². The van der Waals surface area contributed by atoms with Crippen LogP contribution in [0.25, 0.3) is 0 Å². The molecule has 1 unspecified atom stereocenters. The van der Waals surface area contributed by atoms with Crippen LogP contribution in [0.15, 0.2) is 30.1 Å². The van der Waals surface area contributed by atoms with Crippen LogP contribution in [0.3, 0.4) is 0 Å². The Morgan fingerprint density at radius 3 is 2.00 bits per heavy atom. The highest BCUT2D eigenvalue weighted by Gasteiger charge is 2.38. The highest BCUT2D eigenvalue weighted by atomic mass is 19.4. The Bertz CT molecular complexity index is 622. The Morgan fingerprint density at radius 1 is 1.20 bits per heavy atom. The lowest BCUT2D eigenvalue weighted by Gasteiger charge is -2.16. The Labute approximate surface area is 136 Å². The number of carbonyl (C=O) groups is 1. The van der Waals surface area contributed by atoms with Gasteiger partial charge in [-0.05, 0) is 29.3 Å². The summed E-state index contributed by atoms with van der Waals surface area (Å²) in [6.07, 6.45) is -9.48. The van der Waals surface area contributed by atoms with Crippen molar-refractivity contribution >= 4 is 5.97 Å². The molecule has 1 atom stereocenters. The fourth-order valence-corrected chi connectivity index (χ4v) is 1.56. The van der Waals surface area contributed by atoms with Crippen molar-refractivity contribution in [3.8, 4) is 0 Å². The van der Waals surface area contributed by atoms with E-state index >= 15 is 0 Å². The van der Waals surface area contributed by atoms with Gasteiger partial charge in [-0.15, -0.1) is 0 Å². The van der Waals surface area contributed by atoms with Gasteiger partial charge in [0.1, 0.15) is 5.82 Å². The first-order chi connectivity index (χ1) is 11.2. The van der Waals surface area contributed by atoms with Gasteiger partial charge in [0.2, 0.25) is 0 Å². The first-order valence-corrected chi connectivity index (χ1v) is 6.41. The highest BCUT2D eigenvalue weighted by molar-refractivity contribution is 5.73. The molecule has 1 rings (SSSR count). The van der Waals surface area contributed by atoms with E-state index in [4.69, 9.17) is 15.6 Å². The zero-order chi connectivity index (χ0) is 20.0. The summed E-state index contributed by atoms with van der Waals surface area (Å²) < 4.78 is 94.8. The normalized spacial score (nSPS) is 13.8. The Kier molecular flexibility index (Phi) is 8.03. The summed E-state index contributed by atoms with van der Waals surface area (Å²) in [5, 5.41) is 7.12. The maximum Gasteiger partial charge on any atom is 0.490 e. The second kappa shape index (κ2) is 8.79. The van der Waals surface area contributed by atoms with E-state index in [1.165, 1.54) is 6.92 Å². The molecule has 0 radical (unpaired) electrons. The minimum absolute atomic E-state index is 0.0386. The number of aliphatic carboxylic acids is 1. The van der Waals surface area contributed by atoms with E-state index in [0.717, 1.165) is 12.1 Å². The number of benzene rings is 1. The van der Waals surface area contributed by atoms with E-state index in [9.17, 15) is 35.1 Å². The topological polar surface area (TPSA) is 63.3 Å². The summed E-state index contributed by atoms with van der Waals surface area (Å²) in [4.78, 5) is 8.90. The number of alkyl halides is 6. The lowest BCUT2D eigenvalue weighted by molar-refractivity contribution is -0.192. The van der Waals surface area contributed by atoms with Crippen molar-refractivity contribution in [3.05, 3.63) is 47.0 Å². The van der Waals surface area contributed by atoms with Gasteiger partial charge < -0.3 is 10.8 Å². The van der Waals surface area contributed by atoms with E-state index in [2.05, 4.69) is 0 Å². The standard InChI is InChI=1S/C12H12F5N.C2HF3O2/c1-7(9(5-13)6-18)8-2-10(12(15,16)17)4-11(14)3-8;3-2(4,5)1(6)7/h2-5,7H,6,18H2,1H3;(H,6,7)/b9-5+;. The molecule has 1 aromatic carbocycles. The van der Waals surface area contributed by atoms with Crippen LogP contribution in [-0.4, -0.2) is 23.8 Å². The largest absolute Gasteiger partial charge is 0.490 e. The smallest absolute Gasteiger partial charge is 0.475 e. The van der Waals surface area contributed by atoms with Crippen molar-refractivity contribution in [2.45, 2.75) is 25.2 Å². The summed E-state index contributed by atoms with van der Waals surface area (Å²) in [5.74, 6) is -4.48. The number of hydrogen-bond acceptors (Lipinski definition) is 2. The van der Waals surface area contributed by atoms with Gasteiger partial charge in [-0.25, -0.2) is 13.6 Å². The fourth-order valence-electron chi connectivity index (χ4n) is 1.56. The number of nitrogens with two attached hydrogens (primary N) is 1. The zero-order valence-electron chi connectivity index (χ0n) is 12.6. The van der Waals surface area contributed by atoms with Crippen LogP contribution < -0.4 is 5.73 Å². The van der Waals surface area contributed by atoms with Crippen LogP contribution in [0, 0.1) is 5.82 Å². The van der Waals surface area contributed by atoms with Crippen LogP contribution >= 0.6 is 0 Å². The molecule has 0 heterocycles. The van der Waals surface area contributed by atoms with Crippen LogP contribution in [0.2, 0.25) is 0 Å².